The van der Waals surface area contributed by atoms with Gasteiger partial charge in [0.05, 0.1) is 5.52 Å². The minimum Gasteiger partial charge on any atom is -0.398 e. The van der Waals surface area contributed by atoms with Crippen LogP contribution < -0.4 is 5.73 Å². The van der Waals surface area contributed by atoms with Crippen LogP contribution in [0.3, 0.4) is 0 Å². The summed E-state index contributed by atoms with van der Waals surface area (Å²) in [7, 11) is 0. The molecule has 3 nitrogen and oxygen atoms in total. The van der Waals surface area contributed by atoms with E-state index in [2.05, 4.69) is 33.0 Å². The van der Waals surface area contributed by atoms with Gasteiger partial charge in [-0.05, 0) is 33.6 Å². The molecule has 3 aromatic rings. The lowest BCUT2D eigenvalue weighted by Gasteiger charge is -2.02. The van der Waals surface area contributed by atoms with E-state index in [9.17, 15) is 0 Å². The zero-order chi connectivity index (χ0) is 12.5. The Morgan fingerprint density at radius 2 is 1.89 bits per heavy atom. The molecular formula is C14H12BrN3. The van der Waals surface area contributed by atoms with Crippen molar-refractivity contribution >= 4 is 27.1 Å². The number of anilines is 1. The minimum atomic E-state index is 0.738. The molecule has 0 bridgehead atoms. The topological polar surface area (TPSA) is 43.3 Å². The first kappa shape index (κ1) is 11.3. The van der Waals surface area contributed by atoms with Crippen LogP contribution in [0.15, 0.2) is 53.3 Å². The Hall–Kier alpha value is -1.81. The number of halogens is 1. The van der Waals surface area contributed by atoms with Gasteiger partial charge in [0.2, 0.25) is 0 Å². The van der Waals surface area contributed by atoms with Crippen molar-refractivity contribution in [3.63, 3.8) is 0 Å². The number of imidazole rings is 1. The number of pyridine rings is 1. The summed E-state index contributed by atoms with van der Waals surface area (Å²) in [6, 6.07) is 14.1. The first-order valence-corrected chi connectivity index (χ1v) is 6.49. The first-order valence-electron chi connectivity index (χ1n) is 5.70. The standard InChI is InChI=1S/C14H12BrN3/c15-14-12-7-6-11(16)9-18(12)13(17-14)8-10-4-2-1-3-5-10/h1-7,9H,8,16H2. The van der Waals surface area contributed by atoms with Crippen molar-refractivity contribution in [2.75, 3.05) is 5.73 Å². The Labute approximate surface area is 113 Å². The summed E-state index contributed by atoms with van der Waals surface area (Å²) in [5.41, 5.74) is 8.84. The van der Waals surface area contributed by atoms with Gasteiger partial charge in [-0.15, -0.1) is 0 Å². The Morgan fingerprint density at radius 1 is 1.11 bits per heavy atom. The van der Waals surface area contributed by atoms with Gasteiger partial charge in [0.15, 0.2) is 0 Å². The minimum absolute atomic E-state index is 0.738. The van der Waals surface area contributed by atoms with Gasteiger partial charge < -0.3 is 10.1 Å². The van der Waals surface area contributed by atoms with Gasteiger partial charge >= 0.3 is 0 Å². The second kappa shape index (κ2) is 4.46. The molecule has 0 atom stereocenters. The number of fused-ring (bicyclic) bond motifs is 1. The molecule has 0 aliphatic carbocycles. The van der Waals surface area contributed by atoms with Crippen molar-refractivity contribution in [3.8, 4) is 0 Å². The third kappa shape index (κ3) is 1.99. The molecule has 2 aromatic heterocycles. The largest absolute Gasteiger partial charge is 0.398 e. The first-order chi connectivity index (χ1) is 8.74. The monoisotopic (exact) mass is 301 g/mol. The van der Waals surface area contributed by atoms with Gasteiger partial charge in [0.25, 0.3) is 0 Å². The normalized spacial score (nSPS) is 10.9. The smallest absolute Gasteiger partial charge is 0.132 e. The van der Waals surface area contributed by atoms with E-state index in [1.54, 1.807) is 0 Å². The van der Waals surface area contributed by atoms with Crippen molar-refractivity contribution in [3.05, 3.63) is 64.7 Å². The Bertz CT molecular complexity index is 689. The summed E-state index contributed by atoms with van der Waals surface area (Å²) in [5, 5.41) is 0. The fourth-order valence-corrected chi connectivity index (χ4v) is 2.55. The highest BCUT2D eigenvalue weighted by molar-refractivity contribution is 9.10. The van der Waals surface area contributed by atoms with Crippen LogP contribution in [0.2, 0.25) is 0 Å². The van der Waals surface area contributed by atoms with Crippen molar-refractivity contribution in [1.82, 2.24) is 9.38 Å². The van der Waals surface area contributed by atoms with E-state index in [-0.39, 0.29) is 0 Å². The number of rotatable bonds is 2. The molecule has 0 spiro atoms. The zero-order valence-electron chi connectivity index (χ0n) is 9.68. The fraction of sp³-hybridized carbons (Fsp3) is 0.0714. The number of hydrogen-bond donors (Lipinski definition) is 1. The lowest BCUT2D eigenvalue weighted by Crippen LogP contribution is -1.97. The summed E-state index contributed by atoms with van der Waals surface area (Å²) in [4.78, 5) is 4.55. The van der Waals surface area contributed by atoms with Crippen LogP contribution in [0.5, 0.6) is 0 Å². The highest BCUT2D eigenvalue weighted by atomic mass is 79.9. The number of nitrogens with zero attached hydrogens (tertiary/aromatic N) is 2. The summed E-state index contributed by atoms with van der Waals surface area (Å²) < 4.78 is 2.89. The SMILES string of the molecule is Nc1ccc2c(Br)nc(Cc3ccccc3)n2c1. The molecule has 2 heterocycles. The number of hydrogen-bond acceptors (Lipinski definition) is 2. The predicted molar refractivity (Wildman–Crippen MR) is 76.6 cm³/mol. The molecule has 0 amide bonds. The van der Waals surface area contributed by atoms with Gasteiger partial charge in [-0.25, -0.2) is 4.98 Å². The Morgan fingerprint density at radius 3 is 2.67 bits per heavy atom. The Kier molecular flexibility index (Phi) is 2.80. The van der Waals surface area contributed by atoms with Crippen molar-refractivity contribution in [2.45, 2.75) is 6.42 Å². The molecule has 2 N–H and O–H groups in total. The molecule has 3 rings (SSSR count). The summed E-state index contributed by atoms with van der Waals surface area (Å²) in [5.74, 6) is 0.982. The van der Waals surface area contributed by atoms with Crippen LogP contribution in [0.4, 0.5) is 5.69 Å². The van der Waals surface area contributed by atoms with Gasteiger partial charge in [-0.2, -0.15) is 0 Å². The fourth-order valence-electron chi connectivity index (χ4n) is 2.03. The van der Waals surface area contributed by atoms with Crippen LogP contribution in [-0.4, -0.2) is 9.38 Å². The predicted octanol–water partition coefficient (Wildman–Crippen LogP) is 3.27. The molecule has 0 aliphatic rings. The quantitative estimate of drug-likeness (QED) is 0.789. The molecule has 18 heavy (non-hydrogen) atoms. The van der Waals surface area contributed by atoms with Crippen LogP contribution in [0, 0.1) is 0 Å². The van der Waals surface area contributed by atoms with E-state index in [1.807, 2.05) is 40.9 Å². The maximum Gasteiger partial charge on any atom is 0.132 e. The molecular weight excluding hydrogens is 290 g/mol. The van der Waals surface area contributed by atoms with Crippen LogP contribution in [0.1, 0.15) is 11.4 Å². The van der Waals surface area contributed by atoms with Crippen LogP contribution in [-0.2, 0) is 6.42 Å². The maximum atomic E-state index is 5.83. The van der Waals surface area contributed by atoms with Gasteiger partial charge in [-0.3, -0.25) is 0 Å². The zero-order valence-corrected chi connectivity index (χ0v) is 11.3. The summed E-state index contributed by atoms with van der Waals surface area (Å²) in [6.45, 7) is 0. The second-order valence-corrected chi connectivity index (χ2v) is 4.95. The maximum absolute atomic E-state index is 5.83. The molecule has 4 heteroatoms. The third-order valence-corrected chi connectivity index (χ3v) is 3.48. The van der Waals surface area contributed by atoms with E-state index >= 15 is 0 Å². The van der Waals surface area contributed by atoms with E-state index in [1.165, 1.54) is 5.56 Å². The molecule has 0 unspecified atom stereocenters. The van der Waals surface area contributed by atoms with Crippen molar-refractivity contribution in [2.24, 2.45) is 0 Å². The lowest BCUT2D eigenvalue weighted by atomic mass is 10.1. The van der Waals surface area contributed by atoms with Gasteiger partial charge in [-0.1, -0.05) is 30.3 Å². The number of aromatic nitrogens is 2. The molecule has 1 aromatic carbocycles. The molecule has 0 aliphatic heterocycles. The highest BCUT2D eigenvalue weighted by Gasteiger charge is 2.09. The molecule has 0 saturated heterocycles. The molecule has 90 valence electrons. The lowest BCUT2D eigenvalue weighted by molar-refractivity contribution is 0.960. The summed E-state index contributed by atoms with van der Waals surface area (Å²) >= 11 is 3.48. The van der Waals surface area contributed by atoms with E-state index in [0.717, 1.165) is 28.1 Å². The van der Waals surface area contributed by atoms with Crippen molar-refractivity contribution in [1.29, 1.82) is 0 Å². The van der Waals surface area contributed by atoms with E-state index < -0.39 is 0 Å². The Balaban J connectivity index is 2.09. The molecule has 0 fully saturated rings. The average molecular weight is 302 g/mol. The highest BCUT2D eigenvalue weighted by Crippen LogP contribution is 2.22. The molecule has 0 saturated carbocycles. The van der Waals surface area contributed by atoms with Crippen molar-refractivity contribution < 1.29 is 0 Å². The van der Waals surface area contributed by atoms with Crippen LogP contribution in [0.25, 0.3) is 5.52 Å². The second-order valence-electron chi connectivity index (χ2n) is 4.20. The van der Waals surface area contributed by atoms with E-state index in [4.69, 9.17) is 5.73 Å². The summed E-state index contributed by atoms with van der Waals surface area (Å²) in [6.07, 6.45) is 2.70. The van der Waals surface area contributed by atoms with E-state index in [0.29, 0.717) is 0 Å². The number of benzene rings is 1. The van der Waals surface area contributed by atoms with Gasteiger partial charge in [0, 0.05) is 18.3 Å². The average Bonchev–Trinajstić information content (AvgIpc) is 2.67. The number of nitrogen functional groups attached to an aromatic ring is 1. The van der Waals surface area contributed by atoms with Crippen LogP contribution >= 0.6 is 15.9 Å². The number of nitrogens with two attached hydrogens (primary N) is 1. The van der Waals surface area contributed by atoms with Gasteiger partial charge in [0.1, 0.15) is 10.4 Å². The third-order valence-electron chi connectivity index (χ3n) is 2.89. The molecule has 0 radical (unpaired) electrons.